The van der Waals surface area contributed by atoms with E-state index in [1.54, 1.807) is 12.1 Å². The fraction of sp³-hybridized carbons (Fsp3) is 0.625. The van der Waals surface area contributed by atoms with Crippen LogP contribution in [-0.2, 0) is 6.54 Å². The molecule has 0 bridgehead atoms. The van der Waals surface area contributed by atoms with Crippen molar-refractivity contribution < 1.29 is 13.2 Å². The number of piperazine rings is 1. The van der Waals surface area contributed by atoms with Crippen LogP contribution >= 0.6 is 24.2 Å². The molecule has 136 valence electrons. The van der Waals surface area contributed by atoms with E-state index < -0.39 is 5.51 Å². The van der Waals surface area contributed by atoms with Gasteiger partial charge in [-0.1, -0.05) is 12.1 Å². The predicted molar refractivity (Wildman–Crippen MR) is 93.7 cm³/mol. The summed E-state index contributed by atoms with van der Waals surface area (Å²) in [5.74, 6) is 0. The van der Waals surface area contributed by atoms with E-state index in [4.69, 9.17) is 0 Å². The minimum Gasteiger partial charge on any atom is -0.314 e. The third-order valence-corrected chi connectivity index (χ3v) is 5.22. The molecule has 0 aromatic heterocycles. The van der Waals surface area contributed by atoms with Crippen molar-refractivity contribution in [1.82, 2.24) is 15.1 Å². The second-order valence-corrected chi connectivity index (χ2v) is 7.29. The van der Waals surface area contributed by atoms with Crippen LogP contribution in [0.3, 0.4) is 0 Å². The number of nitrogens with one attached hydrogen (secondary N) is 1. The summed E-state index contributed by atoms with van der Waals surface area (Å²) < 4.78 is 37.0. The third-order valence-electron chi connectivity index (χ3n) is 4.48. The van der Waals surface area contributed by atoms with Gasteiger partial charge in [0.15, 0.2) is 0 Å². The van der Waals surface area contributed by atoms with Crippen LogP contribution in [0.25, 0.3) is 0 Å². The lowest BCUT2D eigenvalue weighted by Crippen LogP contribution is -2.49. The molecule has 1 N–H and O–H groups in total. The average Bonchev–Trinajstić information content (AvgIpc) is 2.97. The number of hydrogen-bond acceptors (Lipinski definition) is 4. The van der Waals surface area contributed by atoms with Crippen molar-refractivity contribution in [3.8, 4) is 0 Å². The molecule has 1 atom stereocenters. The Labute approximate surface area is 151 Å². The van der Waals surface area contributed by atoms with Crippen LogP contribution in [0.1, 0.15) is 12.0 Å². The Morgan fingerprint density at radius 2 is 1.75 bits per heavy atom. The van der Waals surface area contributed by atoms with E-state index in [-0.39, 0.29) is 29.1 Å². The highest BCUT2D eigenvalue weighted by Crippen LogP contribution is 2.36. The van der Waals surface area contributed by atoms with Crippen LogP contribution in [0.2, 0.25) is 0 Å². The summed E-state index contributed by atoms with van der Waals surface area (Å²) in [5.41, 5.74) is -3.13. The second kappa shape index (κ2) is 8.76. The number of hydrogen-bond donors (Lipinski definition) is 1. The molecule has 2 aliphatic rings. The smallest absolute Gasteiger partial charge is 0.314 e. The largest absolute Gasteiger partial charge is 0.446 e. The maximum absolute atomic E-state index is 12.3. The zero-order chi connectivity index (χ0) is 16.3. The van der Waals surface area contributed by atoms with Gasteiger partial charge in [0.2, 0.25) is 0 Å². The minimum absolute atomic E-state index is 0. The number of rotatable bonds is 4. The van der Waals surface area contributed by atoms with Gasteiger partial charge in [0.1, 0.15) is 0 Å². The summed E-state index contributed by atoms with van der Waals surface area (Å²) >= 11 is -0.0548. The van der Waals surface area contributed by atoms with E-state index in [9.17, 15) is 13.2 Å². The molecule has 2 saturated heterocycles. The topological polar surface area (TPSA) is 18.5 Å². The van der Waals surface area contributed by atoms with Crippen LogP contribution in [0.4, 0.5) is 13.2 Å². The SMILES string of the molecule is Cl.FC(F)(F)Sc1ccc(CN2CCC(N3CCNCC3)C2)cc1. The predicted octanol–water partition coefficient (Wildman–Crippen LogP) is 3.20. The molecule has 24 heavy (non-hydrogen) atoms. The normalized spacial score (nSPS) is 23.2. The lowest BCUT2D eigenvalue weighted by molar-refractivity contribution is -0.0328. The zero-order valence-electron chi connectivity index (χ0n) is 13.4. The highest BCUT2D eigenvalue weighted by atomic mass is 35.5. The first-order chi connectivity index (χ1) is 11.0. The van der Waals surface area contributed by atoms with E-state index in [0.29, 0.717) is 6.04 Å². The van der Waals surface area contributed by atoms with Crippen molar-refractivity contribution in [3.05, 3.63) is 29.8 Å². The Bertz CT molecular complexity index is 506. The molecule has 8 heteroatoms. The number of benzene rings is 1. The molecule has 3 nitrogen and oxygen atoms in total. The molecular weight excluding hydrogens is 359 g/mol. The van der Waals surface area contributed by atoms with Gasteiger partial charge in [0, 0.05) is 56.8 Å². The Kier molecular flexibility index (Phi) is 7.24. The van der Waals surface area contributed by atoms with Gasteiger partial charge in [-0.15, -0.1) is 12.4 Å². The maximum atomic E-state index is 12.3. The van der Waals surface area contributed by atoms with E-state index >= 15 is 0 Å². The van der Waals surface area contributed by atoms with Crippen LogP contribution in [0, 0.1) is 0 Å². The lowest BCUT2D eigenvalue weighted by Gasteiger charge is -2.32. The Morgan fingerprint density at radius 1 is 1.08 bits per heavy atom. The van der Waals surface area contributed by atoms with Gasteiger partial charge in [-0.2, -0.15) is 13.2 Å². The van der Waals surface area contributed by atoms with Gasteiger partial charge in [0.25, 0.3) is 0 Å². The third kappa shape index (κ3) is 5.81. The quantitative estimate of drug-likeness (QED) is 0.807. The van der Waals surface area contributed by atoms with E-state index in [0.717, 1.165) is 51.4 Å². The number of halogens is 4. The summed E-state index contributed by atoms with van der Waals surface area (Å²) in [6, 6.07) is 7.38. The molecule has 1 aromatic rings. The van der Waals surface area contributed by atoms with Crippen molar-refractivity contribution in [2.45, 2.75) is 29.4 Å². The number of nitrogens with zero attached hydrogens (tertiary/aromatic N) is 2. The highest BCUT2D eigenvalue weighted by Gasteiger charge is 2.30. The summed E-state index contributed by atoms with van der Waals surface area (Å²) in [5, 5.41) is 3.37. The molecule has 1 unspecified atom stereocenters. The number of thioether (sulfide) groups is 1. The molecule has 0 aliphatic carbocycles. The van der Waals surface area contributed by atoms with Crippen LogP contribution in [0.5, 0.6) is 0 Å². The van der Waals surface area contributed by atoms with Crippen molar-refractivity contribution in [2.24, 2.45) is 0 Å². The van der Waals surface area contributed by atoms with Crippen LogP contribution < -0.4 is 5.32 Å². The molecule has 0 spiro atoms. The fourth-order valence-corrected chi connectivity index (χ4v) is 3.90. The first-order valence-electron chi connectivity index (χ1n) is 8.01. The highest BCUT2D eigenvalue weighted by molar-refractivity contribution is 8.00. The van der Waals surface area contributed by atoms with Crippen LogP contribution in [0.15, 0.2) is 29.2 Å². The van der Waals surface area contributed by atoms with Gasteiger partial charge in [-0.25, -0.2) is 0 Å². The standard InChI is InChI=1S/C16H22F3N3S.ClH/c17-16(18,19)23-15-3-1-13(2-4-15)11-21-8-5-14(12-21)22-9-6-20-7-10-22;/h1-4,14,20H,5-12H2;1H. The van der Waals surface area contributed by atoms with Crippen molar-refractivity contribution in [3.63, 3.8) is 0 Å². The minimum atomic E-state index is -4.22. The number of alkyl halides is 3. The Morgan fingerprint density at radius 3 is 2.38 bits per heavy atom. The maximum Gasteiger partial charge on any atom is 0.446 e. The first-order valence-corrected chi connectivity index (χ1v) is 8.83. The number of likely N-dealkylation sites (tertiary alicyclic amines) is 1. The van der Waals surface area contributed by atoms with Crippen molar-refractivity contribution in [1.29, 1.82) is 0 Å². The van der Waals surface area contributed by atoms with Crippen molar-refractivity contribution in [2.75, 3.05) is 39.3 Å². The monoisotopic (exact) mass is 381 g/mol. The van der Waals surface area contributed by atoms with Gasteiger partial charge >= 0.3 is 5.51 Å². The van der Waals surface area contributed by atoms with Gasteiger partial charge in [-0.05, 0) is 35.9 Å². The van der Waals surface area contributed by atoms with Gasteiger partial charge in [0.05, 0.1) is 0 Å². The summed E-state index contributed by atoms with van der Waals surface area (Å²) in [6.07, 6.45) is 1.18. The van der Waals surface area contributed by atoms with E-state index in [1.165, 1.54) is 6.42 Å². The van der Waals surface area contributed by atoms with Crippen LogP contribution in [-0.4, -0.2) is 60.6 Å². The molecule has 2 fully saturated rings. The molecule has 0 radical (unpaired) electrons. The average molecular weight is 382 g/mol. The molecule has 1 aromatic carbocycles. The van der Waals surface area contributed by atoms with Gasteiger partial charge in [-0.3, -0.25) is 9.80 Å². The summed E-state index contributed by atoms with van der Waals surface area (Å²) in [7, 11) is 0. The Balaban J connectivity index is 0.00000208. The van der Waals surface area contributed by atoms with Gasteiger partial charge < -0.3 is 5.32 Å². The first kappa shape index (κ1) is 19.8. The molecule has 2 aliphatic heterocycles. The molecular formula is C16H23ClF3N3S. The van der Waals surface area contributed by atoms with E-state index in [2.05, 4.69) is 15.1 Å². The molecule has 0 amide bonds. The second-order valence-electron chi connectivity index (χ2n) is 6.16. The van der Waals surface area contributed by atoms with Crippen molar-refractivity contribution >= 4 is 24.2 Å². The molecule has 2 heterocycles. The van der Waals surface area contributed by atoms with E-state index in [1.807, 2.05) is 12.1 Å². The zero-order valence-corrected chi connectivity index (χ0v) is 15.0. The Hall–Kier alpha value is -0.470. The fourth-order valence-electron chi connectivity index (χ4n) is 3.36. The summed E-state index contributed by atoms with van der Waals surface area (Å²) in [4.78, 5) is 5.21. The summed E-state index contributed by atoms with van der Waals surface area (Å²) in [6.45, 7) is 7.29. The molecule has 0 saturated carbocycles. The molecule has 3 rings (SSSR count). The lowest BCUT2D eigenvalue weighted by atomic mass is 10.2.